The number of nitrogens with zero attached hydrogens (tertiary/aromatic N) is 1. The minimum atomic E-state index is 0.134. The minimum absolute atomic E-state index is 0.134. The molecule has 0 saturated carbocycles. The van der Waals surface area contributed by atoms with Gasteiger partial charge in [0.25, 0.3) is 0 Å². The molecule has 0 amide bonds. The van der Waals surface area contributed by atoms with Crippen LogP contribution in [0, 0.1) is 0 Å². The first-order chi connectivity index (χ1) is 4.00. The van der Waals surface area contributed by atoms with Crippen LogP contribution in [-0.2, 0) is 0 Å². The first-order valence-corrected chi connectivity index (χ1v) is 3.43. The monoisotopic (exact) mass is 130 g/mol. The van der Waals surface area contributed by atoms with Gasteiger partial charge in [-0.3, -0.25) is 10.2 Å². The maximum absolute atomic E-state index is 3.35. The summed E-state index contributed by atoms with van der Waals surface area (Å²) < 4.78 is 0. The lowest BCUT2D eigenvalue weighted by atomic mass is 10.2. The second kappa shape index (κ2) is 3.18. The third-order valence-corrected chi connectivity index (χ3v) is 1.73. The first kappa shape index (κ1) is 8.92. The van der Waals surface area contributed by atoms with Gasteiger partial charge < -0.3 is 0 Å². The summed E-state index contributed by atoms with van der Waals surface area (Å²) in [5.41, 5.74) is 0.134. The maximum Gasteiger partial charge on any atom is 0.0649 e. The van der Waals surface area contributed by atoms with Crippen LogP contribution in [0.5, 0.6) is 0 Å². The Morgan fingerprint density at radius 2 is 1.78 bits per heavy atom. The molecule has 56 valence electrons. The molecule has 9 heavy (non-hydrogen) atoms. The van der Waals surface area contributed by atoms with E-state index < -0.39 is 0 Å². The van der Waals surface area contributed by atoms with Crippen molar-refractivity contribution in [1.82, 2.24) is 10.2 Å². The molecule has 0 saturated heterocycles. The molecule has 0 aromatic heterocycles. The highest BCUT2D eigenvalue weighted by atomic mass is 15.3. The molecule has 0 atom stereocenters. The summed E-state index contributed by atoms with van der Waals surface area (Å²) in [5.74, 6) is 0. The van der Waals surface area contributed by atoms with Crippen molar-refractivity contribution in [1.29, 1.82) is 0 Å². The van der Waals surface area contributed by atoms with E-state index in [1.165, 1.54) is 0 Å². The predicted molar refractivity (Wildman–Crippen MR) is 41.4 cm³/mol. The summed E-state index contributed by atoms with van der Waals surface area (Å²) in [6.45, 7) is 7.46. The predicted octanol–water partition coefficient (Wildman–Crippen LogP) is 0.894. The van der Waals surface area contributed by atoms with Crippen molar-refractivity contribution in [2.45, 2.75) is 26.4 Å². The van der Waals surface area contributed by atoms with Crippen molar-refractivity contribution in [2.75, 3.05) is 20.6 Å². The Balaban J connectivity index is 3.70. The highest BCUT2D eigenvalue weighted by Gasteiger charge is 2.16. The average molecular weight is 130 g/mol. The van der Waals surface area contributed by atoms with Crippen LogP contribution in [0.3, 0.4) is 0 Å². The molecule has 0 heterocycles. The van der Waals surface area contributed by atoms with Gasteiger partial charge in [0.05, 0.1) is 5.66 Å². The lowest BCUT2D eigenvalue weighted by Gasteiger charge is -2.33. The Hall–Kier alpha value is -0.0800. The molecule has 0 aliphatic heterocycles. The fourth-order valence-corrected chi connectivity index (χ4v) is 0.591. The van der Waals surface area contributed by atoms with Crippen LogP contribution in [-0.4, -0.2) is 31.2 Å². The van der Waals surface area contributed by atoms with Crippen LogP contribution in [0.2, 0.25) is 0 Å². The molecule has 0 aliphatic carbocycles. The van der Waals surface area contributed by atoms with Crippen molar-refractivity contribution in [2.24, 2.45) is 0 Å². The maximum atomic E-state index is 3.35. The van der Waals surface area contributed by atoms with Gasteiger partial charge in [-0.25, -0.2) is 0 Å². The standard InChI is InChI=1S/C7H18N2/c1-6-8-7(2,3)9(4)5/h8H,6H2,1-5H3. The molecule has 1 N–H and O–H groups in total. The largest absolute Gasteiger partial charge is 0.300 e. The van der Waals surface area contributed by atoms with Crippen molar-refractivity contribution in [3.05, 3.63) is 0 Å². The van der Waals surface area contributed by atoms with Gasteiger partial charge in [-0.15, -0.1) is 0 Å². The Morgan fingerprint density at radius 1 is 1.33 bits per heavy atom. The summed E-state index contributed by atoms with van der Waals surface area (Å²) in [7, 11) is 4.14. The molecular weight excluding hydrogens is 112 g/mol. The number of hydrogen-bond donors (Lipinski definition) is 1. The summed E-state index contributed by atoms with van der Waals surface area (Å²) in [6, 6.07) is 0. The van der Waals surface area contributed by atoms with Gasteiger partial charge in [-0.2, -0.15) is 0 Å². The second-order valence-electron chi connectivity index (χ2n) is 2.98. The zero-order chi connectivity index (χ0) is 7.49. The Kier molecular flexibility index (Phi) is 3.15. The van der Waals surface area contributed by atoms with E-state index in [9.17, 15) is 0 Å². The SMILES string of the molecule is CCNC(C)(C)N(C)C. The fourth-order valence-electron chi connectivity index (χ4n) is 0.591. The van der Waals surface area contributed by atoms with E-state index in [1.807, 2.05) is 0 Å². The second-order valence-corrected chi connectivity index (χ2v) is 2.98. The van der Waals surface area contributed by atoms with Crippen LogP contribution in [0.15, 0.2) is 0 Å². The molecule has 0 bridgehead atoms. The van der Waals surface area contributed by atoms with Crippen LogP contribution in [0.25, 0.3) is 0 Å². The van der Waals surface area contributed by atoms with Gasteiger partial charge in [0.2, 0.25) is 0 Å². The highest BCUT2D eigenvalue weighted by Crippen LogP contribution is 2.03. The van der Waals surface area contributed by atoms with Crippen LogP contribution in [0.4, 0.5) is 0 Å². The summed E-state index contributed by atoms with van der Waals surface area (Å²) in [5, 5.41) is 3.35. The molecule has 0 fully saturated rings. The highest BCUT2D eigenvalue weighted by molar-refractivity contribution is 4.71. The minimum Gasteiger partial charge on any atom is -0.300 e. The van der Waals surface area contributed by atoms with E-state index in [4.69, 9.17) is 0 Å². The van der Waals surface area contributed by atoms with Gasteiger partial charge in [-0.05, 0) is 34.5 Å². The summed E-state index contributed by atoms with van der Waals surface area (Å²) in [6.07, 6.45) is 0. The Morgan fingerprint density at radius 3 is 1.89 bits per heavy atom. The Labute approximate surface area is 58.2 Å². The van der Waals surface area contributed by atoms with Crippen molar-refractivity contribution < 1.29 is 0 Å². The number of rotatable bonds is 3. The molecule has 0 aromatic carbocycles. The smallest absolute Gasteiger partial charge is 0.0649 e. The topological polar surface area (TPSA) is 15.3 Å². The van der Waals surface area contributed by atoms with Crippen molar-refractivity contribution in [3.8, 4) is 0 Å². The lowest BCUT2D eigenvalue weighted by molar-refractivity contribution is 0.153. The molecular formula is C7H18N2. The van der Waals surface area contributed by atoms with Gasteiger partial charge in [0.15, 0.2) is 0 Å². The van der Waals surface area contributed by atoms with E-state index in [-0.39, 0.29) is 5.66 Å². The van der Waals surface area contributed by atoms with Gasteiger partial charge in [0, 0.05) is 0 Å². The quantitative estimate of drug-likeness (QED) is 0.571. The molecule has 0 aromatic rings. The van der Waals surface area contributed by atoms with E-state index >= 15 is 0 Å². The average Bonchev–Trinajstić information content (AvgIpc) is 1.65. The van der Waals surface area contributed by atoms with Crippen LogP contribution in [0.1, 0.15) is 20.8 Å². The van der Waals surface area contributed by atoms with Crippen molar-refractivity contribution in [3.63, 3.8) is 0 Å². The van der Waals surface area contributed by atoms with E-state index in [0.717, 1.165) is 6.54 Å². The molecule has 0 unspecified atom stereocenters. The van der Waals surface area contributed by atoms with E-state index in [2.05, 4.69) is 45.1 Å². The number of nitrogens with one attached hydrogen (secondary N) is 1. The molecule has 0 rings (SSSR count). The summed E-state index contributed by atoms with van der Waals surface area (Å²) in [4.78, 5) is 2.16. The zero-order valence-corrected chi connectivity index (χ0v) is 7.15. The van der Waals surface area contributed by atoms with Crippen LogP contribution >= 0.6 is 0 Å². The third-order valence-electron chi connectivity index (χ3n) is 1.73. The van der Waals surface area contributed by atoms with Gasteiger partial charge in [-0.1, -0.05) is 6.92 Å². The molecule has 2 heteroatoms. The zero-order valence-electron chi connectivity index (χ0n) is 7.15. The fraction of sp³-hybridized carbons (Fsp3) is 1.00. The van der Waals surface area contributed by atoms with E-state index in [1.54, 1.807) is 0 Å². The van der Waals surface area contributed by atoms with E-state index in [0.29, 0.717) is 0 Å². The van der Waals surface area contributed by atoms with Gasteiger partial charge in [0.1, 0.15) is 0 Å². The Bertz CT molecular complexity index is 77.0. The third kappa shape index (κ3) is 2.82. The summed E-state index contributed by atoms with van der Waals surface area (Å²) >= 11 is 0. The molecule has 0 radical (unpaired) electrons. The van der Waals surface area contributed by atoms with Crippen molar-refractivity contribution >= 4 is 0 Å². The van der Waals surface area contributed by atoms with Gasteiger partial charge >= 0.3 is 0 Å². The molecule has 2 nitrogen and oxygen atoms in total. The molecule has 0 spiro atoms. The normalized spacial score (nSPS) is 12.7. The molecule has 0 aliphatic rings. The number of hydrogen-bond acceptors (Lipinski definition) is 2. The van der Waals surface area contributed by atoms with Crippen LogP contribution < -0.4 is 5.32 Å². The lowest BCUT2D eigenvalue weighted by Crippen LogP contribution is -2.50. The first-order valence-electron chi connectivity index (χ1n) is 3.43.